The molecule has 2 aliphatic heterocycles. The Labute approximate surface area is 287 Å². The molecule has 1 aromatic rings. The average Bonchev–Trinajstić information content (AvgIpc) is 3.38. The lowest BCUT2D eigenvalue weighted by Gasteiger charge is -2.47. The molecule has 3 rings (SSSR count). The van der Waals surface area contributed by atoms with E-state index in [1.54, 1.807) is 39.8 Å². The Bertz CT molecular complexity index is 1270. The molecule has 1 aromatic carbocycles. The smallest absolute Gasteiger partial charge is 0.339 e. The summed E-state index contributed by atoms with van der Waals surface area (Å²) in [5.74, 6) is -3.30. The highest BCUT2D eigenvalue weighted by Gasteiger charge is 2.55. The standard InChI is InChI=1S/C38H60O9.H3N/c1-11-28(33-24(8)20-38(13-3,47-33)29-18-19-37(44,12-2)26(10)45-29)32(40)25(9)31(39)22(6)14-16-27-17-15-23(7)34(30(27)35(41)42)46-36(43)21(4)5;/h15,17,21-22,24-26,28-29,31,33,39,44H,11-14,16,18-20H2,1-10H3,(H,41,42);1H3. The second-order valence-corrected chi connectivity index (χ2v) is 14.8. The van der Waals surface area contributed by atoms with Gasteiger partial charge in [0.15, 0.2) is 0 Å². The highest BCUT2D eigenvalue weighted by molar-refractivity contribution is 5.94. The number of hydrogen-bond donors (Lipinski definition) is 4. The number of hydrogen-bond acceptors (Lipinski definition) is 9. The van der Waals surface area contributed by atoms with Gasteiger partial charge in [-0.3, -0.25) is 9.59 Å². The van der Waals surface area contributed by atoms with Crippen molar-refractivity contribution in [2.24, 2.45) is 29.6 Å². The third kappa shape index (κ3) is 8.67. The van der Waals surface area contributed by atoms with Crippen molar-refractivity contribution in [3.05, 3.63) is 28.8 Å². The monoisotopic (exact) mass is 677 g/mol. The number of Topliss-reactive ketones (excluding diaryl/α,β-unsaturated/α-hetero) is 1. The summed E-state index contributed by atoms with van der Waals surface area (Å²) in [6, 6.07) is 3.47. The molecule has 0 amide bonds. The summed E-state index contributed by atoms with van der Waals surface area (Å²) >= 11 is 0. The predicted octanol–water partition coefficient (Wildman–Crippen LogP) is 6.86. The highest BCUT2D eigenvalue weighted by atomic mass is 16.6. The molecule has 0 aromatic heterocycles. The van der Waals surface area contributed by atoms with Crippen LogP contribution < -0.4 is 10.9 Å². The first-order valence-electron chi connectivity index (χ1n) is 17.8. The Kier molecular flexibility index (Phi) is 14.8. The summed E-state index contributed by atoms with van der Waals surface area (Å²) in [5.41, 5.74) is -0.343. The predicted molar refractivity (Wildman–Crippen MR) is 186 cm³/mol. The van der Waals surface area contributed by atoms with E-state index in [-0.39, 0.29) is 53.4 Å². The van der Waals surface area contributed by atoms with Crippen molar-refractivity contribution in [1.29, 1.82) is 0 Å². The van der Waals surface area contributed by atoms with Crippen LogP contribution in [0.25, 0.3) is 0 Å². The molecule has 2 heterocycles. The fraction of sp³-hybridized carbons (Fsp3) is 0.763. The van der Waals surface area contributed by atoms with Gasteiger partial charge in [0.25, 0.3) is 0 Å². The van der Waals surface area contributed by atoms with Crippen LogP contribution in [0.1, 0.15) is 129 Å². The second-order valence-electron chi connectivity index (χ2n) is 14.8. The van der Waals surface area contributed by atoms with Crippen LogP contribution in [0.5, 0.6) is 5.75 Å². The van der Waals surface area contributed by atoms with E-state index in [0.29, 0.717) is 49.7 Å². The van der Waals surface area contributed by atoms with Crippen LogP contribution in [0.4, 0.5) is 0 Å². The number of aliphatic hydroxyl groups excluding tert-OH is 1. The Balaban J connectivity index is 0.00000800. The van der Waals surface area contributed by atoms with Gasteiger partial charge in [0, 0.05) is 11.8 Å². The number of benzene rings is 1. The normalized spacial score (nSPS) is 29.9. The molecule has 0 bridgehead atoms. The summed E-state index contributed by atoms with van der Waals surface area (Å²) in [4.78, 5) is 38.6. The molecule has 2 aliphatic rings. The minimum Gasteiger partial charge on any atom is -0.478 e. The lowest BCUT2D eigenvalue weighted by atomic mass is 9.76. The van der Waals surface area contributed by atoms with Crippen LogP contribution in [-0.2, 0) is 25.5 Å². The maximum absolute atomic E-state index is 14.0. The van der Waals surface area contributed by atoms with Crippen molar-refractivity contribution < 1.29 is 43.9 Å². The molecule has 2 fully saturated rings. The van der Waals surface area contributed by atoms with Crippen LogP contribution in [0, 0.1) is 36.5 Å². The first kappa shape index (κ1) is 41.8. The highest BCUT2D eigenvalue weighted by Crippen LogP contribution is 2.48. The lowest BCUT2D eigenvalue weighted by Crippen LogP contribution is -2.55. The number of ketones is 1. The Morgan fingerprint density at radius 1 is 1.06 bits per heavy atom. The zero-order valence-corrected chi connectivity index (χ0v) is 31.0. The minimum absolute atomic E-state index is 0. The summed E-state index contributed by atoms with van der Waals surface area (Å²) in [5, 5.41) is 32.4. The molecule has 0 radical (unpaired) electrons. The third-order valence-electron chi connectivity index (χ3n) is 11.3. The first-order chi connectivity index (χ1) is 22.0. The number of carboxylic acids is 1. The average molecular weight is 678 g/mol. The van der Waals surface area contributed by atoms with Crippen LogP contribution in [0.2, 0.25) is 0 Å². The summed E-state index contributed by atoms with van der Waals surface area (Å²) in [6.45, 7) is 18.9. The zero-order valence-electron chi connectivity index (χ0n) is 31.0. The minimum atomic E-state index is -1.18. The van der Waals surface area contributed by atoms with Gasteiger partial charge in [-0.2, -0.15) is 0 Å². The molecular formula is C38H63NO9. The van der Waals surface area contributed by atoms with Crippen LogP contribution in [-0.4, -0.2) is 68.7 Å². The molecule has 0 saturated carbocycles. The van der Waals surface area contributed by atoms with Crippen LogP contribution in [0.3, 0.4) is 0 Å². The second kappa shape index (κ2) is 17.0. The summed E-state index contributed by atoms with van der Waals surface area (Å²) in [6.07, 6.45) is 3.14. The first-order valence-corrected chi connectivity index (χ1v) is 17.8. The summed E-state index contributed by atoms with van der Waals surface area (Å²) in [7, 11) is 0. The quantitative estimate of drug-likeness (QED) is 0.113. The van der Waals surface area contributed by atoms with E-state index >= 15 is 0 Å². The van der Waals surface area contributed by atoms with Crippen molar-refractivity contribution in [3.63, 3.8) is 0 Å². The van der Waals surface area contributed by atoms with Gasteiger partial charge in [-0.1, -0.05) is 67.5 Å². The number of aliphatic hydroxyl groups is 2. The molecule has 48 heavy (non-hydrogen) atoms. The number of aryl methyl sites for hydroxylation is 2. The van der Waals surface area contributed by atoms with Gasteiger partial charge in [0.1, 0.15) is 17.1 Å². The molecule has 6 N–H and O–H groups in total. The van der Waals surface area contributed by atoms with Crippen LogP contribution in [0.15, 0.2) is 12.1 Å². The topological polar surface area (TPSA) is 175 Å². The van der Waals surface area contributed by atoms with Crippen LogP contribution >= 0.6 is 0 Å². The van der Waals surface area contributed by atoms with Crippen molar-refractivity contribution in [2.45, 2.75) is 156 Å². The van der Waals surface area contributed by atoms with Gasteiger partial charge in [-0.25, -0.2) is 4.79 Å². The molecule has 10 nitrogen and oxygen atoms in total. The number of esters is 1. The third-order valence-corrected chi connectivity index (χ3v) is 11.3. The van der Waals surface area contributed by atoms with Gasteiger partial charge in [0.2, 0.25) is 0 Å². The maximum Gasteiger partial charge on any atom is 0.339 e. The molecule has 0 spiro atoms. The van der Waals surface area contributed by atoms with E-state index in [0.717, 1.165) is 12.8 Å². The zero-order chi connectivity index (χ0) is 35.4. The molecule has 10 atom stereocenters. The van der Waals surface area contributed by atoms with E-state index in [9.17, 15) is 29.7 Å². The van der Waals surface area contributed by atoms with Crippen molar-refractivity contribution >= 4 is 17.7 Å². The van der Waals surface area contributed by atoms with Crippen molar-refractivity contribution in [2.75, 3.05) is 0 Å². The van der Waals surface area contributed by atoms with Crippen molar-refractivity contribution in [3.8, 4) is 5.75 Å². The van der Waals surface area contributed by atoms with Gasteiger partial charge in [0.05, 0.1) is 41.5 Å². The number of carboxylic acid groups (broad SMARTS) is 1. The fourth-order valence-corrected chi connectivity index (χ4v) is 7.78. The van der Waals surface area contributed by atoms with Gasteiger partial charge >= 0.3 is 11.9 Å². The van der Waals surface area contributed by atoms with Gasteiger partial charge < -0.3 is 35.7 Å². The number of carbonyl (C=O) groups is 3. The van der Waals surface area contributed by atoms with E-state index in [1.165, 1.54) is 0 Å². The largest absolute Gasteiger partial charge is 0.478 e. The molecule has 0 aliphatic carbocycles. The molecule has 2 saturated heterocycles. The maximum atomic E-state index is 14.0. The SMILES string of the molecule is CCC(C(=O)C(C)C(O)C(C)CCc1ccc(C)c(OC(=O)C(C)C)c1C(=O)O)C1OC(CC)(C2CCC(O)(CC)C(C)O2)CC1C.N. The molecule has 10 unspecified atom stereocenters. The van der Waals surface area contributed by atoms with E-state index in [4.69, 9.17) is 14.2 Å². The van der Waals surface area contributed by atoms with Gasteiger partial charge in [-0.15, -0.1) is 0 Å². The lowest BCUT2D eigenvalue weighted by molar-refractivity contribution is -0.229. The number of ether oxygens (including phenoxy) is 3. The number of aromatic carboxylic acids is 1. The van der Waals surface area contributed by atoms with E-state index < -0.39 is 47.0 Å². The Morgan fingerprint density at radius 3 is 2.23 bits per heavy atom. The summed E-state index contributed by atoms with van der Waals surface area (Å²) < 4.78 is 18.8. The van der Waals surface area contributed by atoms with E-state index in [1.807, 2.05) is 27.7 Å². The molecule has 274 valence electrons. The molecule has 10 heteroatoms. The number of carbonyl (C=O) groups excluding carboxylic acids is 2. The Morgan fingerprint density at radius 2 is 1.71 bits per heavy atom. The number of rotatable bonds is 15. The molecular weight excluding hydrogens is 614 g/mol. The fourth-order valence-electron chi connectivity index (χ4n) is 7.78. The Hall–Kier alpha value is -2.37. The van der Waals surface area contributed by atoms with Crippen molar-refractivity contribution in [1.82, 2.24) is 6.15 Å². The van der Waals surface area contributed by atoms with Gasteiger partial charge in [-0.05, 0) is 88.2 Å². The van der Waals surface area contributed by atoms with E-state index in [2.05, 4.69) is 13.8 Å².